The van der Waals surface area contributed by atoms with Crippen LogP contribution in [0.3, 0.4) is 0 Å². The van der Waals surface area contributed by atoms with Gasteiger partial charge in [0.05, 0.1) is 0 Å². The summed E-state index contributed by atoms with van der Waals surface area (Å²) >= 11 is 0. The van der Waals surface area contributed by atoms with Crippen LogP contribution in [-0.4, -0.2) is 12.1 Å². The van der Waals surface area contributed by atoms with Gasteiger partial charge in [0.15, 0.2) is 0 Å². The fourth-order valence-electron chi connectivity index (χ4n) is 7.51. The Morgan fingerprint density at radius 1 is 0.679 bits per heavy atom. The van der Waals surface area contributed by atoms with Crippen molar-refractivity contribution in [2.45, 2.75) is 103 Å². The maximum Gasteiger partial charge on any atom is 0.0385 e. The first kappa shape index (κ1) is 18.8. The second-order valence-electron chi connectivity index (χ2n) is 11.9. The zero-order valence-corrected chi connectivity index (χ0v) is 18.9. The largest absolute Gasteiger partial charge is 0.382 e. The molecule has 28 heavy (non-hydrogen) atoms. The highest BCUT2D eigenvalue weighted by molar-refractivity contribution is 5.71. The Balaban J connectivity index is 1.59. The second kappa shape index (κ2) is 6.16. The smallest absolute Gasteiger partial charge is 0.0385 e. The van der Waals surface area contributed by atoms with Gasteiger partial charge in [-0.15, -0.1) is 0 Å². The van der Waals surface area contributed by atoms with Gasteiger partial charge in [-0.2, -0.15) is 0 Å². The SMILES string of the molecule is CC1CCC2C(C1)Nc1cc3c(cc1C2(C)C)NC1CC(C)CCC1C3(C)C. The minimum absolute atomic E-state index is 0.253. The summed E-state index contributed by atoms with van der Waals surface area (Å²) in [4.78, 5) is 0. The van der Waals surface area contributed by atoms with E-state index in [1.165, 1.54) is 49.9 Å². The number of anilines is 2. The molecule has 2 saturated carbocycles. The van der Waals surface area contributed by atoms with Gasteiger partial charge >= 0.3 is 0 Å². The summed E-state index contributed by atoms with van der Waals surface area (Å²) in [6, 6.07) is 6.38. The maximum absolute atomic E-state index is 4.02. The molecule has 2 aliphatic carbocycles. The lowest BCUT2D eigenvalue weighted by Crippen LogP contribution is -2.51. The van der Waals surface area contributed by atoms with E-state index >= 15 is 0 Å². The molecular formula is C26H40N2. The van der Waals surface area contributed by atoms with Crippen molar-refractivity contribution in [3.8, 4) is 0 Å². The van der Waals surface area contributed by atoms with Crippen molar-refractivity contribution >= 4 is 11.4 Å². The summed E-state index contributed by atoms with van der Waals surface area (Å²) in [5.41, 5.74) is 6.46. The number of hydrogen-bond donors (Lipinski definition) is 2. The molecule has 2 aliphatic heterocycles. The standard InChI is InChI=1S/C26H40N2/c1-15-7-9-17-21(11-15)27-23-13-20-24(14-19(23)25(17,3)4)28-22-12-16(2)8-10-18(22)26(20,5)6/h13-18,21-22,27-28H,7-12H2,1-6H3. The first-order chi connectivity index (χ1) is 13.2. The van der Waals surface area contributed by atoms with Gasteiger partial charge in [0.1, 0.15) is 0 Å². The molecule has 0 bridgehead atoms. The molecule has 6 unspecified atom stereocenters. The van der Waals surface area contributed by atoms with E-state index in [-0.39, 0.29) is 10.8 Å². The number of fused-ring (bicyclic) bond motifs is 4. The Bertz CT molecular complexity index is 711. The minimum atomic E-state index is 0.253. The van der Waals surface area contributed by atoms with Crippen LogP contribution in [0.15, 0.2) is 12.1 Å². The summed E-state index contributed by atoms with van der Waals surface area (Å²) in [5, 5.41) is 8.05. The Labute approximate surface area is 172 Å². The van der Waals surface area contributed by atoms with Crippen LogP contribution in [-0.2, 0) is 10.8 Å². The Kier molecular flexibility index (Phi) is 4.14. The topological polar surface area (TPSA) is 24.1 Å². The van der Waals surface area contributed by atoms with E-state index in [9.17, 15) is 0 Å². The first-order valence-electron chi connectivity index (χ1n) is 11.9. The molecule has 2 heteroatoms. The highest BCUT2D eigenvalue weighted by Gasteiger charge is 2.48. The van der Waals surface area contributed by atoms with Crippen molar-refractivity contribution in [3.63, 3.8) is 0 Å². The molecular weight excluding hydrogens is 340 g/mol. The zero-order valence-electron chi connectivity index (χ0n) is 18.9. The van der Waals surface area contributed by atoms with Gasteiger partial charge in [-0.3, -0.25) is 0 Å². The summed E-state index contributed by atoms with van der Waals surface area (Å²) < 4.78 is 0. The molecule has 1 aromatic rings. The van der Waals surface area contributed by atoms with E-state index in [2.05, 4.69) is 64.3 Å². The molecule has 0 amide bonds. The summed E-state index contributed by atoms with van der Waals surface area (Å²) in [6.45, 7) is 14.9. The molecule has 0 radical (unpaired) electrons. The number of hydrogen-bond acceptors (Lipinski definition) is 2. The van der Waals surface area contributed by atoms with E-state index in [1.807, 2.05) is 0 Å². The molecule has 2 fully saturated rings. The minimum Gasteiger partial charge on any atom is -0.382 e. The van der Waals surface area contributed by atoms with Gasteiger partial charge in [-0.05, 0) is 83.4 Å². The zero-order chi connectivity index (χ0) is 19.8. The lowest BCUT2D eigenvalue weighted by Gasteiger charge is -2.53. The lowest BCUT2D eigenvalue weighted by atomic mass is 9.58. The van der Waals surface area contributed by atoms with Gasteiger partial charge < -0.3 is 10.6 Å². The van der Waals surface area contributed by atoms with E-state index < -0.39 is 0 Å². The van der Waals surface area contributed by atoms with E-state index in [0.717, 1.165) is 23.7 Å². The lowest BCUT2D eigenvalue weighted by molar-refractivity contribution is 0.169. The second-order valence-corrected chi connectivity index (χ2v) is 11.9. The summed E-state index contributed by atoms with van der Waals surface area (Å²) in [6.07, 6.45) is 8.16. The highest BCUT2D eigenvalue weighted by Crippen LogP contribution is 2.54. The molecule has 1 aromatic carbocycles. The number of nitrogens with one attached hydrogen (secondary N) is 2. The predicted octanol–water partition coefficient (Wildman–Crippen LogP) is 6.70. The average molecular weight is 381 g/mol. The van der Waals surface area contributed by atoms with Gasteiger partial charge in [-0.25, -0.2) is 0 Å². The number of benzene rings is 1. The van der Waals surface area contributed by atoms with Crippen molar-refractivity contribution < 1.29 is 0 Å². The summed E-state index contributed by atoms with van der Waals surface area (Å²) in [5.74, 6) is 3.22. The fraction of sp³-hybridized carbons (Fsp3) is 0.769. The van der Waals surface area contributed by atoms with Crippen LogP contribution in [0.5, 0.6) is 0 Å². The van der Waals surface area contributed by atoms with Crippen LogP contribution in [0.2, 0.25) is 0 Å². The van der Waals surface area contributed by atoms with Crippen molar-refractivity contribution in [1.82, 2.24) is 0 Å². The van der Waals surface area contributed by atoms with E-state index in [0.29, 0.717) is 12.1 Å². The normalized spacial score (nSPS) is 40.1. The molecule has 0 spiro atoms. The fourth-order valence-corrected chi connectivity index (χ4v) is 7.51. The van der Waals surface area contributed by atoms with Gasteiger partial charge in [0.2, 0.25) is 0 Å². The molecule has 154 valence electrons. The van der Waals surface area contributed by atoms with Gasteiger partial charge in [0, 0.05) is 23.5 Å². The molecule has 2 heterocycles. The molecule has 0 saturated heterocycles. The third-order valence-corrected chi connectivity index (χ3v) is 9.31. The Hall–Kier alpha value is -1.18. The average Bonchev–Trinajstić information content (AvgIpc) is 2.60. The van der Waals surface area contributed by atoms with E-state index in [1.54, 1.807) is 11.1 Å². The Morgan fingerprint density at radius 3 is 1.46 bits per heavy atom. The molecule has 2 nitrogen and oxygen atoms in total. The van der Waals surface area contributed by atoms with Gasteiger partial charge in [-0.1, -0.05) is 54.4 Å². The van der Waals surface area contributed by atoms with Crippen LogP contribution in [0, 0.1) is 23.7 Å². The van der Waals surface area contributed by atoms with Gasteiger partial charge in [0.25, 0.3) is 0 Å². The van der Waals surface area contributed by atoms with Crippen LogP contribution >= 0.6 is 0 Å². The van der Waals surface area contributed by atoms with Crippen LogP contribution in [0.25, 0.3) is 0 Å². The maximum atomic E-state index is 4.02. The van der Waals surface area contributed by atoms with Crippen LogP contribution < -0.4 is 10.6 Å². The van der Waals surface area contributed by atoms with Crippen molar-refractivity contribution in [2.24, 2.45) is 23.7 Å². The molecule has 0 aromatic heterocycles. The first-order valence-corrected chi connectivity index (χ1v) is 11.9. The van der Waals surface area contributed by atoms with Crippen LogP contribution in [0.1, 0.15) is 91.2 Å². The molecule has 5 rings (SSSR count). The summed E-state index contributed by atoms with van der Waals surface area (Å²) in [7, 11) is 0. The van der Waals surface area contributed by atoms with Crippen LogP contribution in [0.4, 0.5) is 11.4 Å². The third-order valence-electron chi connectivity index (χ3n) is 9.31. The van der Waals surface area contributed by atoms with Crippen molar-refractivity contribution in [3.05, 3.63) is 23.3 Å². The monoisotopic (exact) mass is 380 g/mol. The van der Waals surface area contributed by atoms with Crippen molar-refractivity contribution in [1.29, 1.82) is 0 Å². The number of rotatable bonds is 0. The molecule has 6 atom stereocenters. The highest BCUT2D eigenvalue weighted by atomic mass is 15.0. The van der Waals surface area contributed by atoms with E-state index in [4.69, 9.17) is 0 Å². The predicted molar refractivity (Wildman–Crippen MR) is 120 cm³/mol. The molecule has 4 aliphatic rings. The van der Waals surface area contributed by atoms with Crippen molar-refractivity contribution in [2.75, 3.05) is 10.6 Å². The quantitative estimate of drug-likeness (QED) is 0.523. The molecule has 2 N–H and O–H groups in total. The third kappa shape index (κ3) is 2.66. The Morgan fingerprint density at radius 2 is 1.07 bits per heavy atom.